The van der Waals surface area contributed by atoms with Crippen molar-refractivity contribution < 1.29 is 9.90 Å². The Morgan fingerprint density at radius 1 is 1.23 bits per heavy atom. The molecule has 3 rings (SSSR count). The minimum absolute atomic E-state index is 0.161. The van der Waals surface area contributed by atoms with Gasteiger partial charge in [-0.2, -0.15) is 0 Å². The summed E-state index contributed by atoms with van der Waals surface area (Å²) in [4.78, 5) is 14.5. The van der Waals surface area contributed by atoms with E-state index in [0.29, 0.717) is 18.5 Å². The second-order valence-electron chi connectivity index (χ2n) is 6.36. The van der Waals surface area contributed by atoms with Crippen molar-refractivity contribution >= 4 is 16.8 Å². The predicted octanol–water partition coefficient (Wildman–Crippen LogP) is 2.65. The van der Waals surface area contributed by atoms with Crippen LogP contribution in [0.3, 0.4) is 0 Å². The molecule has 1 saturated carbocycles. The first kappa shape index (κ1) is 15.1. The zero-order valence-corrected chi connectivity index (χ0v) is 13.1. The van der Waals surface area contributed by atoms with E-state index in [0.717, 1.165) is 31.2 Å². The highest BCUT2D eigenvalue weighted by molar-refractivity contribution is 5.83. The van der Waals surface area contributed by atoms with E-state index in [-0.39, 0.29) is 12.5 Å². The molecule has 1 aliphatic carbocycles. The molecule has 4 nitrogen and oxygen atoms in total. The number of carbonyl (C=O) groups is 1. The number of aromatic nitrogens is 1. The second kappa shape index (κ2) is 6.53. The molecule has 0 spiro atoms. The van der Waals surface area contributed by atoms with Crippen molar-refractivity contribution in [2.24, 2.45) is 5.92 Å². The minimum Gasteiger partial charge on any atom is -0.396 e. The molecule has 0 radical (unpaired) electrons. The third-order valence-electron chi connectivity index (χ3n) is 5.00. The van der Waals surface area contributed by atoms with Crippen LogP contribution in [0, 0.1) is 5.92 Å². The number of likely N-dealkylation sites (N-methyl/N-ethyl adjacent to an activating group) is 1. The summed E-state index contributed by atoms with van der Waals surface area (Å²) in [5.74, 6) is 0.585. The summed E-state index contributed by atoms with van der Waals surface area (Å²) in [6.07, 6.45) is 6.02. The molecule has 1 aliphatic rings. The number of aliphatic hydroxyl groups excluding tert-OH is 1. The molecule has 1 aromatic heterocycles. The van der Waals surface area contributed by atoms with E-state index in [2.05, 4.69) is 18.2 Å². The highest BCUT2D eigenvalue weighted by Gasteiger charge is 2.26. The SMILES string of the molecule is CN(C(=O)Cn1ccc2ccccc21)C1CCC(CO)CC1. The quantitative estimate of drug-likeness (QED) is 0.943. The number of para-hydroxylation sites is 1. The topological polar surface area (TPSA) is 45.5 Å². The van der Waals surface area contributed by atoms with Crippen LogP contribution in [-0.4, -0.2) is 40.2 Å². The van der Waals surface area contributed by atoms with E-state index >= 15 is 0 Å². The Morgan fingerprint density at radius 2 is 1.95 bits per heavy atom. The molecule has 1 N–H and O–H groups in total. The zero-order chi connectivity index (χ0) is 15.5. The fourth-order valence-electron chi connectivity index (χ4n) is 3.45. The Bertz CT molecular complexity index is 641. The van der Waals surface area contributed by atoms with E-state index < -0.39 is 0 Å². The Kier molecular flexibility index (Phi) is 4.48. The minimum atomic E-state index is 0.161. The van der Waals surface area contributed by atoms with E-state index in [9.17, 15) is 9.90 Å². The molecule has 1 fully saturated rings. The van der Waals surface area contributed by atoms with Crippen LogP contribution in [-0.2, 0) is 11.3 Å². The molecule has 4 heteroatoms. The van der Waals surface area contributed by atoms with E-state index in [4.69, 9.17) is 0 Å². The molecule has 1 amide bonds. The summed E-state index contributed by atoms with van der Waals surface area (Å²) in [5.41, 5.74) is 1.10. The van der Waals surface area contributed by atoms with Crippen LogP contribution in [0.1, 0.15) is 25.7 Å². The van der Waals surface area contributed by atoms with Crippen LogP contribution < -0.4 is 0 Å². The fraction of sp³-hybridized carbons (Fsp3) is 0.500. The molecule has 0 bridgehead atoms. The lowest BCUT2D eigenvalue weighted by Crippen LogP contribution is -2.41. The van der Waals surface area contributed by atoms with Gasteiger partial charge in [0.25, 0.3) is 0 Å². The summed E-state index contributed by atoms with van der Waals surface area (Å²) in [7, 11) is 1.91. The maximum Gasteiger partial charge on any atom is 0.242 e. The van der Waals surface area contributed by atoms with Gasteiger partial charge in [0.15, 0.2) is 0 Å². The number of nitrogens with zero attached hydrogens (tertiary/aromatic N) is 2. The normalized spacial score (nSPS) is 21.9. The van der Waals surface area contributed by atoms with Crippen LogP contribution in [0.2, 0.25) is 0 Å². The molecular formula is C18H24N2O2. The van der Waals surface area contributed by atoms with Gasteiger partial charge < -0.3 is 14.6 Å². The molecule has 0 saturated heterocycles. The Balaban J connectivity index is 1.64. The van der Waals surface area contributed by atoms with Gasteiger partial charge in [-0.05, 0) is 49.1 Å². The van der Waals surface area contributed by atoms with Gasteiger partial charge >= 0.3 is 0 Å². The number of rotatable bonds is 4. The molecule has 1 heterocycles. The van der Waals surface area contributed by atoms with Crippen LogP contribution in [0.4, 0.5) is 0 Å². The smallest absolute Gasteiger partial charge is 0.242 e. The van der Waals surface area contributed by atoms with Crippen molar-refractivity contribution in [3.63, 3.8) is 0 Å². The number of hydrogen-bond acceptors (Lipinski definition) is 2. The van der Waals surface area contributed by atoms with E-state index in [1.807, 2.05) is 34.8 Å². The lowest BCUT2D eigenvalue weighted by molar-refractivity contribution is -0.133. The number of fused-ring (bicyclic) bond motifs is 1. The molecule has 22 heavy (non-hydrogen) atoms. The van der Waals surface area contributed by atoms with Gasteiger partial charge in [-0.3, -0.25) is 4.79 Å². The monoisotopic (exact) mass is 300 g/mol. The van der Waals surface area contributed by atoms with Gasteiger partial charge in [-0.25, -0.2) is 0 Å². The lowest BCUT2D eigenvalue weighted by Gasteiger charge is -2.34. The average molecular weight is 300 g/mol. The molecule has 0 aliphatic heterocycles. The standard InChI is InChI=1S/C18H24N2O2/c1-19(16-8-6-14(13-21)7-9-16)18(22)12-20-11-10-15-4-2-3-5-17(15)20/h2-5,10-11,14,16,21H,6-9,12-13H2,1H3. The van der Waals surface area contributed by atoms with Crippen LogP contribution in [0.5, 0.6) is 0 Å². The number of aliphatic hydroxyl groups is 1. The van der Waals surface area contributed by atoms with Crippen LogP contribution in [0.15, 0.2) is 36.5 Å². The van der Waals surface area contributed by atoms with Crippen molar-refractivity contribution in [2.45, 2.75) is 38.3 Å². The largest absolute Gasteiger partial charge is 0.396 e. The third-order valence-corrected chi connectivity index (χ3v) is 5.00. The fourth-order valence-corrected chi connectivity index (χ4v) is 3.45. The molecule has 1 aromatic carbocycles. The summed E-state index contributed by atoms with van der Waals surface area (Å²) in [5, 5.41) is 10.4. The van der Waals surface area contributed by atoms with Gasteiger partial charge in [0.2, 0.25) is 5.91 Å². The van der Waals surface area contributed by atoms with Crippen molar-refractivity contribution in [3.05, 3.63) is 36.5 Å². The van der Waals surface area contributed by atoms with Crippen molar-refractivity contribution in [1.29, 1.82) is 0 Å². The maximum atomic E-state index is 12.6. The lowest BCUT2D eigenvalue weighted by atomic mass is 9.86. The molecular weight excluding hydrogens is 276 g/mol. The molecule has 2 aromatic rings. The number of amides is 1. The molecule has 0 unspecified atom stereocenters. The highest BCUT2D eigenvalue weighted by atomic mass is 16.3. The summed E-state index contributed by atoms with van der Waals surface area (Å²) in [6, 6.07) is 10.5. The second-order valence-corrected chi connectivity index (χ2v) is 6.36. The van der Waals surface area contributed by atoms with Crippen LogP contribution >= 0.6 is 0 Å². The van der Waals surface area contributed by atoms with Crippen molar-refractivity contribution in [1.82, 2.24) is 9.47 Å². The molecule has 0 atom stereocenters. The number of benzene rings is 1. The molecule has 118 valence electrons. The summed E-state index contributed by atoms with van der Waals surface area (Å²) >= 11 is 0. The van der Waals surface area contributed by atoms with E-state index in [1.54, 1.807) is 0 Å². The first-order chi connectivity index (χ1) is 10.7. The summed E-state index contributed by atoms with van der Waals surface area (Å²) < 4.78 is 2.02. The Labute approximate surface area is 131 Å². The zero-order valence-electron chi connectivity index (χ0n) is 13.1. The number of carbonyl (C=O) groups excluding carboxylic acids is 1. The highest BCUT2D eigenvalue weighted by Crippen LogP contribution is 2.27. The first-order valence-electron chi connectivity index (χ1n) is 8.09. The van der Waals surface area contributed by atoms with Gasteiger partial charge in [0.05, 0.1) is 0 Å². The van der Waals surface area contributed by atoms with Gasteiger partial charge in [-0.1, -0.05) is 18.2 Å². The predicted molar refractivity (Wildman–Crippen MR) is 87.5 cm³/mol. The Morgan fingerprint density at radius 3 is 2.68 bits per heavy atom. The third kappa shape index (κ3) is 3.02. The number of hydrogen-bond donors (Lipinski definition) is 1. The van der Waals surface area contributed by atoms with Crippen molar-refractivity contribution in [2.75, 3.05) is 13.7 Å². The van der Waals surface area contributed by atoms with Gasteiger partial charge in [0, 0.05) is 31.4 Å². The van der Waals surface area contributed by atoms with Crippen molar-refractivity contribution in [3.8, 4) is 0 Å². The maximum absolute atomic E-state index is 12.6. The Hall–Kier alpha value is -1.81. The van der Waals surface area contributed by atoms with E-state index in [1.165, 1.54) is 5.39 Å². The summed E-state index contributed by atoms with van der Waals surface area (Å²) in [6.45, 7) is 0.670. The van der Waals surface area contributed by atoms with Crippen LogP contribution in [0.25, 0.3) is 10.9 Å². The van der Waals surface area contributed by atoms with Gasteiger partial charge in [-0.15, -0.1) is 0 Å². The average Bonchev–Trinajstić information content (AvgIpc) is 2.97. The van der Waals surface area contributed by atoms with Gasteiger partial charge in [0.1, 0.15) is 6.54 Å². The first-order valence-corrected chi connectivity index (χ1v) is 8.09.